The van der Waals surface area contributed by atoms with Gasteiger partial charge in [0.25, 0.3) is 0 Å². The summed E-state index contributed by atoms with van der Waals surface area (Å²) in [5.74, 6) is 1.48. The van der Waals surface area contributed by atoms with Crippen LogP contribution in [0.25, 0.3) is 10.9 Å². The quantitative estimate of drug-likeness (QED) is 0.675. The maximum Gasteiger partial charge on any atom is 0.150 e. The van der Waals surface area contributed by atoms with Crippen molar-refractivity contribution in [2.45, 2.75) is 20.4 Å². The molecule has 90 valence electrons. The van der Waals surface area contributed by atoms with Gasteiger partial charge in [-0.15, -0.1) is 5.10 Å². The highest BCUT2D eigenvalue weighted by Crippen LogP contribution is 2.14. The van der Waals surface area contributed by atoms with E-state index in [0.29, 0.717) is 6.54 Å². The minimum Gasteiger partial charge on any atom is -0.236 e. The third-order valence-corrected chi connectivity index (χ3v) is 2.84. The molecule has 0 amide bonds. The molecular formula is C12H12N6. The van der Waals surface area contributed by atoms with Gasteiger partial charge in [0.15, 0.2) is 5.82 Å². The van der Waals surface area contributed by atoms with Gasteiger partial charge in [-0.3, -0.25) is 0 Å². The Hall–Kier alpha value is -2.37. The van der Waals surface area contributed by atoms with Crippen molar-refractivity contribution in [2.24, 2.45) is 0 Å². The molecule has 0 fully saturated rings. The van der Waals surface area contributed by atoms with Crippen LogP contribution in [0.1, 0.15) is 17.3 Å². The lowest BCUT2D eigenvalue weighted by molar-refractivity contribution is 0.611. The molecule has 0 spiro atoms. The third-order valence-electron chi connectivity index (χ3n) is 2.84. The van der Waals surface area contributed by atoms with Crippen LogP contribution in [0, 0.1) is 13.8 Å². The molecule has 0 saturated carbocycles. The minimum absolute atomic E-state index is 0.491. The number of benzene rings is 1. The first-order valence-electron chi connectivity index (χ1n) is 5.69. The number of hydrogen-bond acceptors (Lipinski definition) is 5. The summed E-state index contributed by atoms with van der Waals surface area (Å²) in [5.41, 5.74) is 1.92. The van der Waals surface area contributed by atoms with Crippen molar-refractivity contribution in [3.05, 3.63) is 41.6 Å². The summed E-state index contributed by atoms with van der Waals surface area (Å²) in [4.78, 5) is 9.01. The number of fused-ring (bicyclic) bond motifs is 1. The molecule has 6 nitrogen and oxygen atoms in total. The van der Waals surface area contributed by atoms with Gasteiger partial charge in [0.05, 0.1) is 5.52 Å². The van der Waals surface area contributed by atoms with E-state index < -0.39 is 0 Å². The van der Waals surface area contributed by atoms with E-state index in [1.807, 2.05) is 38.1 Å². The fraction of sp³-hybridized carbons (Fsp3) is 0.250. The van der Waals surface area contributed by atoms with Gasteiger partial charge in [-0.25, -0.2) is 14.6 Å². The molecule has 0 unspecified atom stereocenters. The normalized spacial score (nSPS) is 11.0. The van der Waals surface area contributed by atoms with Crippen molar-refractivity contribution in [1.29, 1.82) is 0 Å². The molecule has 0 aliphatic rings. The Morgan fingerprint density at radius 3 is 2.72 bits per heavy atom. The van der Waals surface area contributed by atoms with Crippen molar-refractivity contribution in [1.82, 2.24) is 30.2 Å². The number of rotatable bonds is 2. The van der Waals surface area contributed by atoms with Crippen LogP contribution in [-0.4, -0.2) is 30.2 Å². The zero-order valence-electron chi connectivity index (χ0n) is 10.2. The van der Waals surface area contributed by atoms with Gasteiger partial charge in [-0.05, 0) is 30.3 Å². The Morgan fingerprint density at radius 2 is 1.94 bits per heavy atom. The Morgan fingerprint density at radius 1 is 1.11 bits per heavy atom. The van der Waals surface area contributed by atoms with E-state index in [1.165, 1.54) is 0 Å². The SMILES string of the molecule is Cc1nc(Cn2nnnc2C)nc2ccccc12. The van der Waals surface area contributed by atoms with Crippen LogP contribution in [-0.2, 0) is 6.54 Å². The molecule has 0 aliphatic carbocycles. The molecule has 0 saturated heterocycles. The van der Waals surface area contributed by atoms with Crippen molar-refractivity contribution >= 4 is 10.9 Å². The first kappa shape index (κ1) is 10.8. The summed E-state index contributed by atoms with van der Waals surface area (Å²) in [6, 6.07) is 7.97. The highest BCUT2D eigenvalue weighted by atomic mass is 15.5. The fourth-order valence-corrected chi connectivity index (χ4v) is 1.89. The average Bonchev–Trinajstić information content (AvgIpc) is 2.75. The van der Waals surface area contributed by atoms with Crippen LogP contribution < -0.4 is 0 Å². The predicted octanol–water partition coefficient (Wildman–Crippen LogP) is 1.28. The molecule has 3 rings (SSSR count). The summed E-state index contributed by atoms with van der Waals surface area (Å²) in [6.07, 6.45) is 0. The molecule has 2 aromatic heterocycles. The lowest BCUT2D eigenvalue weighted by Gasteiger charge is -2.05. The first-order chi connectivity index (χ1) is 8.74. The van der Waals surface area contributed by atoms with Crippen molar-refractivity contribution < 1.29 is 0 Å². The van der Waals surface area contributed by atoms with E-state index >= 15 is 0 Å². The second-order valence-corrected chi connectivity index (χ2v) is 4.13. The van der Waals surface area contributed by atoms with E-state index in [-0.39, 0.29) is 0 Å². The minimum atomic E-state index is 0.491. The summed E-state index contributed by atoms with van der Waals surface area (Å²) < 4.78 is 1.68. The predicted molar refractivity (Wildman–Crippen MR) is 65.9 cm³/mol. The Balaban J connectivity index is 2.05. The molecule has 0 bridgehead atoms. The number of aromatic nitrogens is 6. The number of tetrazole rings is 1. The summed E-state index contributed by atoms with van der Waals surface area (Å²) in [7, 11) is 0. The average molecular weight is 240 g/mol. The standard InChI is InChI=1S/C12H12N6/c1-8-10-5-3-4-6-11(10)14-12(13-8)7-18-9(2)15-16-17-18/h3-6H,7H2,1-2H3. The Bertz CT molecular complexity index is 703. The van der Waals surface area contributed by atoms with Crippen molar-refractivity contribution in [3.8, 4) is 0 Å². The fourth-order valence-electron chi connectivity index (χ4n) is 1.89. The maximum atomic E-state index is 4.52. The maximum absolute atomic E-state index is 4.52. The molecule has 1 aromatic carbocycles. The van der Waals surface area contributed by atoms with Gasteiger partial charge in [-0.1, -0.05) is 18.2 Å². The Labute approximate surface area is 104 Å². The lowest BCUT2D eigenvalue weighted by Crippen LogP contribution is -2.08. The van der Waals surface area contributed by atoms with E-state index in [1.54, 1.807) is 4.68 Å². The highest BCUT2D eigenvalue weighted by molar-refractivity contribution is 5.80. The van der Waals surface area contributed by atoms with Gasteiger partial charge in [0.1, 0.15) is 12.4 Å². The van der Waals surface area contributed by atoms with Crippen LogP contribution >= 0.6 is 0 Å². The topological polar surface area (TPSA) is 69.4 Å². The third kappa shape index (κ3) is 1.81. The molecule has 0 N–H and O–H groups in total. The van der Waals surface area contributed by atoms with E-state index in [0.717, 1.165) is 28.2 Å². The van der Waals surface area contributed by atoms with E-state index in [4.69, 9.17) is 0 Å². The van der Waals surface area contributed by atoms with Gasteiger partial charge in [0.2, 0.25) is 0 Å². The monoisotopic (exact) mass is 240 g/mol. The molecule has 2 heterocycles. The van der Waals surface area contributed by atoms with Crippen LogP contribution in [0.4, 0.5) is 0 Å². The first-order valence-corrected chi connectivity index (χ1v) is 5.69. The van der Waals surface area contributed by atoms with Crippen molar-refractivity contribution in [2.75, 3.05) is 0 Å². The van der Waals surface area contributed by atoms with E-state index in [9.17, 15) is 0 Å². The molecule has 6 heteroatoms. The lowest BCUT2D eigenvalue weighted by atomic mass is 10.2. The highest BCUT2D eigenvalue weighted by Gasteiger charge is 2.07. The molecule has 0 radical (unpaired) electrons. The van der Waals surface area contributed by atoms with Crippen molar-refractivity contribution in [3.63, 3.8) is 0 Å². The number of hydrogen-bond donors (Lipinski definition) is 0. The molecular weight excluding hydrogens is 228 g/mol. The van der Waals surface area contributed by atoms with Crippen LogP contribution in [0.2, 0.25) is 0 Å². The second-order valence-electron chi connectivity index (χ2n) is 4.13. The number of nitrogens with zero attached hydrogens (tertiary/aromatic N) is 6. The van der Waals surface area contributed by atoms with Gasteiger partial charge >= 0.3 is 0 Å². The van der Waals surface area contributed by atoms with Crippen LogP contribution in [0.15, 0.2) is 24.3 Å². The smallest absolute Gasteiger partial charge is 0.150 e. The number of para-hydroxylation sites is 1. The summed E-state index contributed by atoms with van der Waals surface area (Å²) >= 11 is 0. The van der Waals surface area contributed by atoms with Gasteiger partial charge in [0, 0.05) is 11.1 Å². The van der Waals surface area contributed by atoms with Gasteiger partial charge < -0.3 is 0 Å². The zero-order valence-corrected chi connectivity index (χ0v) is 10.2. The molecule has 3 aromatic rings. The second kappa shape index (κ2) is 4.14. The zero-order chi connectivity index (χ0) is 12.5. The van der Waals surface area contributed by atoms with Crippen LogP contribution in [0.5, 0.6) is 0 Å². The number of aryl methyl sites for hydroxylation is 2. The molecule has 0 aliphatic heterocycles. The largest absolute Gasteiger partial charge is 0.236 e. The summed E-state index contributed by atoms with van der Waals surface area (Å²) in [6.45, 7) is 4.33. The summed E-state index contributed by atoms with van der Waals surface area (Å²) in [5, 5.41) is 12.4. The van der Waals surface area contributed by atoms with Gasteiger partial charge in [-0.2, -0.15) is 0 Å². The molecule has 18 heavy (non-hydrogen) atoms. The van der Waals surface area contributed by atoms with Crippen LogP contribution in [0.3, 0.4) is 0 Å². The molecule has 0 atom stereocenters. The van der Waals surface area contributed by atoms with E-state index in [2.05, 4.69) is 25.5 Å². The Kier molecular flexibility index (Phi) is 2.47.